The Hall–Kier alpha value is -9.08. The molecular formula is C75H55NS. The lowest BCUT2D eigenvalue weighted by molar-refractivity contribution is 0.590. The van der Waals surface area contributed by atoms with Gasteiger partial charge in [-0.15, -0.1) is 11.3 Å². The van der Waals surface area contributed by atoms with Crippen LogP contribution >= 0.6 is 11.3 Å². The van der Waals surface area contributed by atoms with Crippen molar-refractivity contribution in [2.24, 2.45) is 0 Å². The van der Waals surface area contributed by atoms with Crippen molar-refractivity contribution in [2.75, 3.05) is 4.90 Å². The summed E-state index contributed by atoms with van der Waals surface area (Å²) >= 11 is 1.88. The second-order valence-corrected chi connectivity index (χ2v) is 22.6. The fraction of sp³-hybridized carbons (Fsp3) is 0.0667. The molecule has 77 heavy (non-hydrogen) atoms. The van der Waals surface area contributed by atoms with Gasteiger partial charge in [0.05, 0.1) is 16.8 Å². The second-order valence-electron chi connectivity index (χ2n) is 21.6. The molecule has 0 radical (unpaired) electrons. The van der Waals surface area contributed by atoms with Crippen LogP contribution in [-0.4, -0.2) is 0 Å². The van der Waals surface area contributed by atoms with Gasteiger partial charge in [0, 0.05) is 37.0 Å². The standard InChI is InChI=1S/C75H55NS/c1-74(2,3)56-42-38-50(39-43-56)55-41-46-69(65(48-55)51-20-7-4-8-21-51)76(59-44-45-68-66(49-59)62-28-15-17-32-67(62)75(68,57-23-9-5-10-24-57)58-25-11-6-12-26-58)70-47-40-52-22-13-14-27-60(52)72(70)54-36-34-53(35-37-54)61-30-19-31-64-63-29-16-18-33-71(63)77-73(61)64/h4-49H,1-3H3. The molecule has 1 heterocycles. The summed E-state index contributed by atoms with van der Waals surface area (Å²) in [5.74, 6) is 0. The van der Waals surface area contributed by atoms with Crippen molar-refractivity contribution in [3.63, 3.8) is 0 Å². The van der Waals surface area contributed by atoms with E-state index in [2.05, 4.69) is 305 Å². The summed E-state index contributed by atoms with van der Waals surface area (Å²) in [6, 6.07) is 104. The number of anilines is 3. The molecule has 1 nitrogen and oxygen atoms in total. The van der Waals surface area contributed by atoms with E-state index in [1.165, 1.54) is 97.7 Å². The van der Waals surface area contributed by atoms with Gasteiger partial charge < -0.3 is 4.90 Å². The van der Waals surface area contributed by atoms with Crippen LogP contribution in [0.4, 0.5) is 17.1 Å². The minimum atomic E-state index is -0.521. The van der Waals surface area contributed by atoms with Gasteiger partial charge in [0.1, 0.15) is 0 Å². The molecule has 0 bridgehead atoms. The highest BCUT2D eigenvalue weighted by atomic mass is 32.1. The lowest BCUT2D eigenvalue weighted by Crippen LogP contribution is -2.28. The Balaban J connectivity index is 1.02. The summed E-state index contributed by atoms with van der Waals surface area (Å²) in [7, 11) is 0. The Morgan fingerprint density at radius 1 is 0.351 bits per heavy atom. The zero-order chi connectivity index (χ0) is 51.7. The molecule has 1 aliphatic rings. The molecule has 0 amide bonds. The molecule has 1 aromatic heterocycles. The van der Waals surface area contributed by atoms with Crippen molar-refractivity contribution >= 4 is 59.3 Å². The molecule has 1 aliphatic carbocycles. The number of hydrogen-bond donors (Lipinski definition) is 0. The van der Waals surface area contributed by atoms with E-state index in [9.17, 15) is 0 Å². The van der Waals surface area contributed by atoms with Crippen LogP contribution in [0.5, 0.6) is 0 Å². The Bertz CT molecular complexity index is 4300. The van der Waals surface area contributed by atoms with Gasteiger partial charge in [-0.1, -0.05) is 263 Å². The molecule has 0 atom stereocenters. The molecule has 2 heteroatoms. The van der Waals surface area contributed by atoms with Crippen molar-refractivity contribution in [1.29, 1.82) is 0 Å². The maximum absolute atomic E-state index is 2.55. The van der Waals surface area contributed by atoms with Crippen LogP contribution in [0.2, 0.25) is 0 Å². The number of rotatable bonds is 9. The fourth-order valence-corrected chi connectivity index (χ4v) is 13.7. The normalized spacial score (nSPS) is 12.7. The van der Waals surface area contributed by atoms with Crippen molar-refractivity contribution in [1.82, 2.24) is 0 Å². The molecule has 14 rings (SSSR count). The maximum atomic E-state index is 2.55. The summed E-state index contributed by atoms with van der Waals surface area (Å²) in [5.41, 5.74) is 21.2. The maximum Gasteiger partial charge on any atom is 0.0713 e. The van der Waals surface area contributed by atoms with Crippen LogP contribution in [0.15, 0.2) is 279 Å². The third kappa shape index (κ3) is 7.74. The van der Waals surface area contributed by atoms with Crippen molar-refractivity contribution in [3.05, 3.63) is 307 Å². The van der Waals surface area contributed by atoms with Crippen molar-refractivity contribution in [2.45, 2.75) is 31.6 Å². The van der Waals surface area contributed by atoms with Gasteiger partial charge in [-0.05, 0) is 125 Å². The van der Waals surface area contributed by atoms with Crippen LogP contribution in [0, 0.1) is 0 Å². The zero-order valence-electron chi connectivity index (χ0n) is 43.4. The molecule has 366 valence electrons. The number of fused-ring (bicyclic) bond motifs is 7. The van der Waals surface area contributed by atoms with Crippen molar-refractivity contribution < 1.29 is 0 Å². The Morgan fingerprint density at radius 2 is 0.909 bits per heavy atom. The monoisotopic (exact) mass is 1000 g/mol. The quantitative estimate of drug-likeness (QED) is 0.139. The average molecular weight is 1000 g/mol. The highest BCUT2D eigenvalue weighted by molar-refractivity contribution is 7.26. The first kappa shape index (κ1) is 46.5. The topological polar surface area (TPSA) is 3.24 Å². The van der Waals surface area contributed by atoms with Gasteiger partial charge in [0.2, 0.25) is 0 Å². The lowest BCUT2D eigenvalue weighted by Gasteiger charge is -2.34. The highest BCUT2D eigenvalue weighted by Crippen LogP contribution is 2.58. The van der Waals surface area contributed by atoms with E-state index in [4.69, 9.17) is 0 Å². The van der Waals surface area contributed by atoms with Crippen LogP contribution in [0.25, 0.3) is 86.6 Å². The van der Waals surface area contributed by atoms with Gasteiger partial charge in [0.25, 0.3) is 0 Å². The first-order valence-electron chi connectivity index (χ1n) is 26.8. The molecule has 12 aromatic carbocycles. The predicted molar refractivity (Wildman–Crippen MR) is 329 cm³/mol. The highest BCUT2D eigenvalue weighted by Gasteiger charge is 2.46. The Morgan fingerprint density at radius 3 is 1.65 bits per heavy atom. The van der Waals surface area contributed by atoms with E-state index in [0.29, 0.717) is 0 Å². The van der Waals surface area contributed by atoms with E-state index in [1.807, 2.05) is 11.3 Å². The van der Waals surface area contributed by atoms with Crippen LogP contribution in [0.1, 0.15) is 48.6 Å². The summed E-state index contributed by atoms with van der Waals surface area (Å²) in [5, 5.41) is 5.02. The first-order chi connectivity index (χ1) is 37.8. The number of nitrogens with zero attached hydrogens (tertiary/aromatic N) is 1. The predicted octanol–water partition coefficient (Wildman–Crippen LogP) is 21.0. The smallest absolute Gasteiger partial charge is 0.0713 e. The minimum Gasteiger partial charge on any atom is -0.309 e. The van der Waals surface area contributed by atoms with Crippen LogP contribution in [-0.2, 0) is 10.8 Å². The largest absolute Gasteiger partial charge is 0.309 e. The van der Waals surface area contributed by atoms with E-state index in [0.717, 1.165) is 33.8 Å². The molecule has 0 saturated carbocycles. The first-order valence-corrected chi connectivity index (χ1v) is 27.6. The molecule has 0 saturated heterocycles. The second kappa shape index (κ2) is 18.6. The van der Waals surface area contributed by atoms with Crippen LogP contribution < -0.4 is 4.90 Å². The van der Waals surface area contributed by atoms with Gasteiger partial charge in [-0.25, -0.2) is 0 Å². The molecule has 0 fully saturated rings. The summed E-state index contributed by atoms with van der Waals surface area (Å²) < 4.78 is 2.64. The summed E-state index contributed by atoms with van der Waals surface area (Å²) in [6.07, 6.45) is 0. The number of thiophene rings is 1. The van der Waals surface area contributed by atoms with Gasteiger partial charge in [0.15, 0.2) is 0 Å². The van der Waals surface area contributed by atoms with Crippen molar-refractivity contribution in [3.8, 4) is 55.6 Å². The fourth-order valence-electron chi connectivity index (χ4n) is 12.4. The molecule has 0 spiro atoms. The van der Waals surface area contributed by atoms with Crippen LogP contribution in [0.3, 0.4) is 0 Å². The van der Waals surface area contributed by atoms with E-state index in [-0.39, 0.29) is 5.41 Å². The molecule has 0 aliphatic heterocycles. The number of benzene rings is 12. The Kier molecular flexibility index (Phi) is 11.2. The molecule has 0 unspecified atom stereocenters. The Labute approximate surface area is 455 Å². The third-order valence-electron chi connectivity index (χ3n) is 16.1. The zero-order valence-corrected chi connectivity index (χ0v) is 44.2. The summed E-state index contributed by atoms with van der Waals surface area (Å²) in [4.78, 5) is 2.55. The van der Waals surface area contributed by atoms with E-state index >= 15 is 0 Å². The summed E-state index contributed by atoms with van der Waals surface area (Å²) in [6.45, 7) is 6.84. The SMILES string of the molecule is CC(C)(C)c1ccc(-c2ccc(N(c3ccc4c(c3)-c3ccccc3C4(c3ccccc3)c3ccccc3)c3ccc4ccccc4c3-c3ccc(-c4cccc5c4sc4ccccc45)cc3)c(-c3ccccc3)c2)cc1. The van der Waals surface area contributed by atoms with Gasteiger partial charge in [-0.3, -0.25) is 0 Å². The molecule has 0 N–H and O–H groups in total. The van der Waals surface area contributed by atoms with E-state index in [1.54, 1.807) is 0 Å². The van der Waals surface area contributed by atoms with Gasteiger partial charge in [-0.2, -0.15) is 0 Å². The lowest BCUT2D eigenvalue weighted by atomic mass is 9.68. The van der Waals surface area contributed by atoms with E-state index < -0.39 is 5.41 Å². The minimum absolute atomic E-state index is 0.0570. The molecule has 13 aromatic rings. The third-order valence-corrected chi connectivity index (χ3v) is 17.4. The number of hydrogen-bond acceptors (Lipinski definition) is 2. The van der Waals surface area contributed by atoms with Gasteiger partial charge >= 0.3 is 0 Å². The average Bonchev–Trinajstić information content (AvgIpc) is 4.14. The molecular weight excluding hydrogens is 947 g/mol.